The van der Waals surface area contributed by atoms with Gasteiger partial charge in [-0.3, -0.25) is 4.79 Å². The van der Waals surface area contributed by atoms with E-state index in [1.165, 1.54) is 44.5 Å². The highest BCUT2D eigenvalue weighted by atomic mass is 16.6. The molecule has 0 N–H and O–H groups in total. The molecule has 4 aromatic carbocycles. The fourth-order valence-corrected chi connectivity index (χ4v) is 8.10. The van der Waals surface area contributed by atoms with Gasteiger partial charge in [0.15, 0.2) is 5.78 Å². The van der Waals surface area contributed by atoms with Crippen LogP contribution in [0.3, 0.4) is 0 Å². The van der Waals surface area contributed by atoms with Crippen LogP contribution in [0.4, 0.5) is 4.79 Å². The Morgan fingerprint density at radius 2 is 1.32 bits per heavy atom. The van der Waals surface area contributed by atoms with Gasteiger partial charge in [0.05, 0.1) is 0 Å². The predicted molar refractivity (Wildman–Crippen MR) is 160 cm³/mol. The summed E-state index contributed by atoms with van der Waals surface area (Å²) in [6.07, 6.45) is 5.07. The minimum absolute atomic E-state index is 0.0511. The summed E-state index contributed by atoms with van der Waals surface area (Å²) in [6, 6.07) is 31.8. The molecule has 0 spiro atoms. The Balaban J connectivity index is 0.972. The van der Waals surface area contributed by atoms with E-state index >= 15 is 0 Å². The summed E-state index contributed by atoms with van der Waals surface area (Å²) in [5, 5.41) is 0. The lowest BCUT2D eigenvalue weighted by atomic mass is 9.75. The molecule has 1 amide bonds. The smallest absolute Gasteiger partial charge is 0.410 e. The molecule has 2 fully saturated rings. The number of fused-ring (bicyclic) bond motifs is 8. The third kappa shape index (κ3) is 4.03. The van der Waals surface area contributed by atoms with Gasteiger partial charge in [-0.05, 0) is 89.1 Å². The van der Waals surface area contributed by atoms with Gasteiger partial charge in [-0.1, -0.05) is 84.9 Å². The van der Waals surface area contributed by atoms with Gasteiger partial charge in [-0.15, -0.1) is 0 Å². The first-order chi connectivity index (χ1) is 20.2. The van der Waals surface area contributed by atoms with Crippen molar-refractivity contribution in [3.05, 3.63) is 119 Å². The van der Waals surface area contributed by atoms with Crippen LogP contribution < -0.4 is 0 Å². The maximum atomic E-state index is 13.8. The van der Waals surface area contributed by atoms with Crippen LogP contribution >= 0.6 is 0 Å². The van der Waals surface area contributed by atoms with Crippen molar-refractivity contribution in [1.82, 2.24) is 4.90 Å². The molecular weight excluding hydrogens is 506 g/mol. The molecule has 0 aromatic heterocycles. The molecule has 2 heterocycles. The average Bonchev–Trinajstić information content (AvgIpc) is 3.54. The van der Waals surface area contributed by atoms with E-state index in [2.05, 4.69) is 84.9 Å². The third-order valence-electron chi connectivity index (χ3n) is 9.97. The fourth-order valence-electron chi connectivity index (χ4n) is 8.10. The molecule has 0 radical (unpaired) electrons. The number of benzene rings is 4. The van der Waals surface area contributed by atoms with Gasteiger partial charge < -0.3 is 9.64 Å². The van der Waals surface area contributed by atoms with Gasteiger partial charge in [-0.25, -0.2) is 4.79 Å². The zero-order valence-electron chi connectivity index (χ0n) is 23.1. The highest BCUT2D eigenvalue weighted by molar-refractivity contribution is 5.99. The Bertz CT molecular complexity index is 1630. The first kappa shape index (κ1) is 24.6. The van der Waals surface area contributed by atoms with Crippen LogP contribution in [0, 0.1) is 5.92 Å². The molecule has 2 bridgehead atoms. The van der Waals surface area contributed by atoms with Crippen molar-refractivity contribution in [1.29, 1.82) is 0 Å². The number of carbonyl (C=O) groups is 2. The quantitative estimate of drug-likeness (QED) is 0.217. The highest BCUT2D eigenvalue weighted by Gasteiger charge is 2.44. The lowest BCUT2D eigenvalue weighted by molar-refractivity contribution is 0.00651. The molecule has 4 nitrogen and oxygen atoms in total. The number of Topliss-reactive ketones (excluding diaryl/α,β-unsaturated/α-hetero) is 1. The lowest BCUT2D eigenvalue weighted by Crippen LogP contribution is -2.55. The van der Waals surface area contributed by atoms with Crippen LogP contribution in [0.2, 0.25) is 0 Å². The van der Waals surface area contributed by atoms with E-state index in [1.807, 2.05) is 11.0 Å². The van der Waals surface area contributed by atoms with Gasteiger partial charge in [0.1, 0.15) is 6.61 Å². The molecule has 2 saturated heterocycles. The van der Waals surface area contributed by atoms with E-state index in [4.69, 9.17) is 4.74 Å². The summed E-state index contributed by atoms with van der Waals surface area (Å²) in [6.45, 7) is 0.336. The molecule has 2 aliphatic heterocycles. The van der Waals surface area contributed by atoms with E-state index < -0.39 is 0 Å². The number of hydrogen-bond acceptors (Lipinski definition) is 3. The zero-order valence-corrected chi connectivity index (χ0v) is 23.1. The summed E-state index contributed by atoms with van der Waals surface area (Å²) in [5.41, 5.74) is 10.8. The van der Waals surface area contributed by atoms with Gasteiger partial charge >= 0.3 is 6.09 Å². The van der Waals surface area contributed by atoms with Crippen molar-refractivity contribution >= 4 is 11.9 Å². The SMILES string of the molecule is O=C(c1ccc2c(c1)Cc1ccccc1-2)C1CC2CCCC(C1)N2C(=O)OCC1c2ccccc2-c2ccccc21. The maximum absolute atomic E-state index is 13.8. The zero-order chi connectivity index (χ0) is 27.5. The second-order valence-corrected chi connectivity index (χ2v) is 12.2. The van der Waals surface area contributed by atoms with Gasteiger partial charge in [0.2, 0.25) is 0 Å². The number of ether oxygens (including phenoxy) is 1. The lowest BCUT2D eigenvalue weighted by Gasteiger charge is -2.47. The summed E-state index contributed by atoms with van der Waals surface area (Å²) >= 11 is 0. The average molecular weight is 540 g/mol. The molecule has 4 aromatic rings. The standard InChI is InChI=1S/C37H33NO3/c39-36(24-16-17-30-25(19-24)18-23-8-1-2-11-29(23)30)26-20-27-9-7-10-28(21-26)38(27)37(40)41-22-35-33-14-5-3-12-31(33)32-13-4-6-15-34(32)35/h1-6,8,11-17,19,26-28,35H,7,9-10,18,20-22H2. The van der Waals surface area contributed by atoms with Gasteiger partial charge in [0, 0.05) is 29.5 Å². The maximum Gasteiger partial charge on any atom is 0.410 e. The normalized spacial score (nSPS) is 22.0. The number of hydrogen-bond donors (Lipinski definition) is 0. The molecule has 8 rings (SSSR count). The summed E-state index contributed by atoms with van der Waals surface area (Å²) in [4.78, 5) is 29.4. The molecule has 41 heavy (non-hydrogen) atoms. The molecule has 4 aliphatic rings. The molecule has 2 aliphatic carbocycles. The second kappa shape index (κ2) is 9.73. The summed E-state index contributed by atoms with van der Waals surface area (Å²) in [7, 11) is 0. The molecule has 2 unspecified atom stereocenters. The second-order valence-electron chi connectivity index (χ2n) is 12.2. The monoisotopic (exact) mass is 539 g/mol. The Labute approximate surface area is 241 Å². The minimum atomic E-state index is -0.220. The van der Waals surface area contributed by atoms with Crippen LogP contribution in [-0.4, -0.2) is 35.5 Å². The first-order valence-electron chi connectivity index (χ1n) is 15.0. The van der Waals surface area contributed by atoms with Crippen molar-refractivity contribution in [3.8, 4) is 22.3 Å². The molecule has 0 saturated carbocycles. The number of rotatable bonds is 4. The van der Waals surface area contributed by atoms with E-state index in [0.717, 1.165) is 44.1 Å². The molecule has 2 atom stereocenters. The Morgan fingerprint density at radius 3 is 2.02 bits per heavy atom. The Morgan fingerprint density at radius 1 is 0.707 bits per heavy atom. The number of piperidine rings is 2. The Hall–Kier alpha value is -4.18. The van der Waals surface area contributed by atoms with E-state index in [-0.39, 0.29) is 35.8 Å². The van der Waals surface area contributed by atoms with E-state index in [1.54, 1.807) is 0 Å². The number of nitrogens with zero attached hydrogens (tertiary/aromatic N) is 1. The van der Waals surface area contributed by atoms with Crippen LogP contribution in [0.15, 0.2) is 91.0 Å². The van der Waals surface area contributed by atoms with Crippen LogP contribution in [-0.2, 0) is 11.2 Å². The minimum Gasteiger partial charge on any atom is -0.448 e. The van der Waals surface area contributed by atoms with Crippen molar-refractivity contribution in [2.24, 2.45) is 5.92 Å². The van der Waals surface area contributed by atoms with Crippen molar-refractivity contribution in [2.45, 2.75) is 56.5 Å². The Kier molecular flexibility index (Phi) is 5.84. The number of ketones is 1. The van der Waals surface area contributed by atoms with E-state index in [0.29, 0.717) is 6.61 Å². The fraction of sp³-hybridized carbons (Fsp3) is 0.297. The number of amides is 1. The third-order valence-corrected chi connectivity index (χ3v) is 9.97. The van der Waals surface area contributed by atoms with Crippen molar-refractivity contribution < 1.29 is 14.3 Å². The summed E-state index contributed by atoms with van der Waals surface area (Å²) < 4.78 is 6.08. The largest absolute Gasteiger partial charge is 0.448 e. The van der Waals surface area contributed by atoms with Gasteiger partial charge in [-0.2, -0.15) is 0 Å². The molecule has 204 valence electrons. The highest BCUT2D eigenvalue weighted by Crippen LogP contribution is 2.45. The molecular formula is C37H33NO3. The summed E-state index contributed by atoms with van der Waals surface area (Å²) in [5.74, 6) is 0.230. The van der Waals surface area contributed by atoms with Crippen molar-refractivity contribution in [2.75, 3.05) is 6.61 Å². The first-order valence-corrected chi connectivity index (χ1v) is 15.0. The number of carbonyl (C=O) groups excluding carboxylic acids is 2. The van der Waals surface area contributed by atoms with Crippen LogP contribution in [0.5, 0.6) is 0 Å². The van der Waals surface area contributed by atoms with Crippen molar-refractivity contribution in [3.63, 3.8) is 0 Å². The van der Waals surface area contributed by atoms with E-state index in [9.17, 15) is 9.59 Å². The van der Waals surface area contributed by atoms with Crippen LogP contribution in [0.1, 0.15) is 70.6 Å². The van der Waals surface area contributed by atoms with Crippen LogP contribution in [0.25, 0.3) is 22.3 Å². The van der Waals surface area contributed by atoms with Gasteiger partial charge in [0.25, 0.3) is 0 Å². The molecule has 4 heteroatoms. The predicted octanol–water partition coefficient (Wildman–Crippen LogP) is 8.02. The topological polar surface area (TPSA) is 46.6 Å².